The smallest absolute Gasteiger partial charge is 0.110 e. The van der Waals surface area contributed by atoms with E-state index in [4.69, 9.17) is 4.42 Å². The normalized spacial score (nSPS) is 11.0. The molecule has 1 N–H and O–H groups in total. The molecule has 0 saturated heterocycles. The van der Waals surface area contributed by atoms with E-state index < -0.39 is 0 Å². The van der Waals surface area contributed by atoms with Crippen LogP contribution in [0.25, 0.3) is 11.3 Å². The van der Waals surface area contributed by atoms with Crippen LogP contribution in [0.15, 0.2) is 15.9 Å². The highest BCUT2D eigenvalue weighted by molar-refractivity contribution is 7.09. The van der Waals surface area contributed by atoms with E-state index >= 15 is 0 Å². The Morgan fingerprint density at radius 2 is 2.24 bits per heavy atom. The van der Waals surface area contributed by atoms with Crippen molar-refractivity contribution in [3.05, 3.63) is 28.0 Å². The maximum absolute atomic E-state index is 5.53. The lowest BCUT2D eigenvalue weighted by molar-refractivity contribution is 0.505. The van der Waals surface area contributed by atoms with Crippen LogP contribution < -0.4 is 5.32 Å². The Balaban J connectivity index is 2.10. The number of furan rings is 1. The lowest BCUT2D eigenvalue weighted by Gasteiger charge is -1.97. The average Bonchev–Trinajstić information content (AvgIpc) is 2.86. The molecule has 0 saturated carbocycles. The SMILES string of the molecule is CCCNCc1nc(-c2cc(C)oc2C)cs1. The largest absolute Gasteiger partial charge is 0.466 e. The van der Waals surface area contributed by atoms with Crippen LogP contribution in [0, 0.1) is 13.8 Å². The molecule has 2 rings (SSSR count). The Morgan fingerprint density at radius 1 is 1.41 bits per heavy atom. The number of nitrogens with zero attached hydrogens (tertiary/aromatic N) is 1. The number of aromatic nitrogens is 1. The maximum Gasteiger partial charge on any atom is 0.110 e. The van der Waals surface area contributed by atoms with Gasteiger partial charge in [-0.1, -0.05) is 6.92 Å². The Bertz CT molecular complexity index is 487. The molecule has 4 heteroatoms. The summed E-state index contributed by atoms with van der Waals surface area (Å²) in [4.78, 5) is 4.62. The summed E-state index contributed by atoms with van der Waals surface area (Å²) in [6.45, 7) is 8.01. The first kappa shape index (κ1) is 12.3. The fraction of sp³-hybridized carbons (Fsp3) is 0.462. The van der Waals surface area contributed by atoms with Crippen LogP contribution in [0.3, 0.4) is 0 Å². The van der Waals surface area contributed by atoms with Crippen molar-refractivity contribution >= 4 is 11.3 Å². The molecule has 17 heavy (non-hydrogen) atoms. The van der Waals surface area contributed by atoms with Gasteiger partial charge in [0.1, 0.15) is 16.5 Å². The van der Waals surface area contributed by atoms with Crippen molar-refractivity contribution in [3.8, 4) is 11.3 Å². The van der Waals surface area contributed by atoms with Crippen molar-refractivity contribution in [2.24, 2.45) is 0 Å². The zero-order valence-corrected chi connectivity index (χ0v) is 11.4. The quantitative estimate of drug-likeness (QED) is 0.825. The monoisotopic (exact) mass is 250 g/mol. The summed E-state index contributed by atoms with van der Waals surface area (Å²) in [5.74, 6) is 1.89. The second-order valence-electron chi connectivity index (χ2n) is 4.13. The molecule has 0 unspecified atom stereocenters. The third-order valence-corrected chi connectivity index (χ3v) is 3.42. The second-order valence-corrected chi connectivity index (χ2v) is 5.07. The van der Waals surface area contributed by atoms with Gasteiger partial charge in [0.2, 0.25) is 0 Å². The van der Waals surface area contributed by atoms with E-state index in [0.717, 1.165) is 47.3 Å². The van der Waals surface area contributed by atoms with Gasteiger partial charge in [0, 0.05) is 17.5 Å². The Morgan fingerprint density at radius 3 is 2.88 bits per heavy atom. The first-order valence-electron chi connectivity index (χ1n) is 5.93. The third-order valence-electron chi connectivity index (χ3n) is 2.57. The minimum Gasteiger partial charge on any atom is -0.466 e. The topological polar surface area (TPSA) is 38.1 Å². The standard InChI is InChI=1S/C13H18N2OS/c1-4-5-14-7-13-15-12(8-17-13)11-6-9(2)16-10(11)3/h6,8,14H,4-5,7H2,1-3H3. The zero-order chi connectivity index (χ0) is 12.3. The summed E-state index contributed by atoms with van der Waals surface area (Å²) in [7, 11) is 0. The molecule has 2 heterocycles. The van der Waals surface area contributed by atoms with E-state index in [-0.39, 0.29) is 0 Å². The van der Waals surface area contributed by atoms with Gasteiger partial charge in [0.25, 0.3) is 0 Å². The van der Waals surface area contributed by atoms with Crippen LogP contribution in [0.1, 0.15) is 29.9 Å². The fourth-order valence-corrected chi connectivity index (χ4v) is 2.54. The molecule has 2 aromatic heterocycles. The van der Waals surface area contributed by atoms with E-state index in [0.29, 0.717) is 0 Å². The molecule has 92 valence electrons. The van der Waals surface area contributed by atoms with Crippen LogP contribution >= 0.6 is 11.3 Å². The molecule has 0 aliphatic carbocycles. The molecule has 0 fully saturated rings. The van der Waals surface area contributed by atoms with Crippen LogP contribution in [-0.4, -0.2) is 11.5 Å². The summed E-state index contributed by atoms with van der Waals surface area (Å²) in [5, 5.41) is 6.59. The molecule has 0 aliphatic heterocycles. The summed E-state index contributed by atoms with van der Waals surface area (Å²) in [5.41, 5.74) is 2.14. The van der Waals surface area contributed by atoms with E-state index in [1.165, 1.54) is 0 Å². The van der Waals surface area contributed by atoms with E-state index in [1.807, 2.05) is 19.9 Å². The molecule has 0 bridgehead atoms. The van der Waals surface area contributed by atoms with Crippen LogP contribution in [0.2, 0.25) is 0 Å². The molecule has 2 aromatic rings. The van der Waals surface area contributed by atoms with Crippen LogP contribution in [-0.2, 0) is 6.54 Å². The molecular formula is C13H18N2OS. The Labute approximate surface area is 106 Å². The minimum absolute atomic E-state index is 0.856. The number of hydrogen-bond donors (Lipinski definition) is 1. The van der Waals surface area contributed by atoms with E-state index in [2.05, 4.69) is 22.6 Å². The summed E-state index contributed by atoms with van der Waals surface area (Å²) >= 11 is 1.70. The molecule has 0 radical (unpaired) electrons. The molecular weight excluding hydrogens is 232 g/mol. The minimum atomic E-state index is 0.856. The van der Waals surface area contributed by atoms with E-state index in [1.54, 1.807) is 11.3 Å². The summed E-state index contributed by atoms with van der Waals surface area (Å²) < 4.78 is 5.53. The highest BCUT2D eigenvalue weighted by Gasteiger charge is 2.10. The zero-order valence-electron chi connectivity index (χ0n) is 10.5. The Kier molecular flexibility index (Phi) is 3.97. The van der Waals surface area contributed by atoms with Crippen molar-refractivity contribution in [3.63, 3.8) is 0 Å². The van der Waals surface area contributed by atoms with Crippen molar-refractivity contribution in [2.75, 3.05) is 6.54 Å². The number of hydrogen-bond acceptors (Lipinski definition) is 4. The number of aryl methyl sites for hydroxylation is 2. The van der Waals surface area contributed by atoms with Crippen LogP contribution in [0.4, 0.5) is 0 Å². The number of thiazole rings is 1. The molecule has 0 aliphatic rings. The van der Waals surface area contributed by atoms with Crippen molar-refractivity contribution in [2.45, 2.75) is 33.7 Å². The molecule has 0 spiro atoms. The molecule has 0 aromatic carbocycles. The van der Waals surface area contributed by atoms with Gasteiger partial charge in [-0.05, 0) is 32.9 Å². The fourth-order valence-electron chi connectivity index (χ4n) is 1.77. The summed E-state index contributed by atoms with van der Waals surface area (Å²) in [6, 6.07) is 2.05. The van der Waals surface area contributed by atoms with Gasteiger partial charge >= 0.3 is 0 Å². The van der Waals surface area contributed by atoms with Gasteiger partial charge in [-0.25, -0.2) is 4.98 Å². The Hall–Kier alpha value is -1.13. The highest BCUT2D eigenvalue weighted by Crippen LogP contribution is 2.27. The van der Waals surface area contributed by atoms with Gasteiger partial charge < -0.3 is 9.73 Å². The van der Waals surface area contributed by atoms with Gasteiger partial charge in [-0.15, -0.1) is 11.3 Å². The lowest BCUT2D eigenvalue weighted by atomic mass is 10.2. The number of nitrogens with one attached hydrogen (secondary N) is 1. The third kappa shape index (κ3) is 2.96. The van der Waals surface area contributed by atoms with Crippen molar-refractivity contribution in [1.82, 2.24) is 10.3 Å². The van der Waals surface area contributed by atoms with Gasteiger partial charge in [0.15, 0.2) is 0 Å². The summed E-state index contributed by atoms with van der Waals surface area (Å²) in [6.07, 6.45) is 1.15. The predicted octanol–water partition coefficient (Wildman–Crippen LogP) is 3.52. The molecule has 0 atom stereocenters. The van der Waals surface area contributed by atoms with Crippen molar-refractivity contribution in [1.29, 1.82) is 0 Å². The van der Waals surface area contributed by atoms with Crippen molar-refractivity contribution < 1.29 is 4.42 Å². The van der Waals surface area contributed by atoms with Gasteiger partial charge in [0.05, 0.1) is 5.69 Å². The number of rotatable bonds is 5. The predicted molar refractivity (Wildman–Crippen MR) is 71.3 cm³/mol. The maximum atomic E-state index is 5.53. The first-order valence-corrected chi connectivity index (χ1v) is 6.81. The molecule has 3 nitrogen and oxygen atoms in total. The van der Waals surface area contributed by atoms with Gasteiger partial charge in [-0.3, -0.25) is 0 Å². The molecule has 0 amide bonds. The second kappa shape index (κ2) is 5.47. The lowest BCUT2D eigenvalue weighted by Crippen LogP contribution is -2.13. The first-order chi connectivity index (χ1) is 8.20. The average molecular weight is 250 g/mol. The highest BCUT2D eigenvalue weighted by atomic mass is 32.1. The van der Waals surface area contributed by atoms with E-state index in [9.17, 15) is 0 Å². The van der Waals surface area contributed by atoms with Gasteiger partial charge in [-0.2, -0.15) is 0 Å². The van der Waals surface area contributed by atoms with Crippen LogP contribution in [0.5, 0.6) is 0 Å².